The molecule has 0 aromatic carbocycles. The van der Waals surface area contributed by atoms with E-state index in [1.54, 1.807) is 0 Å². The summed E-state index contributed by atoms with van der Waals surface area (Å²) < 4.78 is 5.46. The van der Waals surface area contributed by atoms with Gasteiger partial charge in [-0.3, -0.25) is 10.1 Å². The SMILES string of the molecule is CC(C)(C)C(=O)O[C@@H]1NCCSC1(C)C. The third kappa shape index (κ3) is 3.38. The van der Waals surface area contributed by atoms with Crippen molar-refractivity contribution in [3.63, 3.8) is 0 Å². The van der Waals surface area contributed by atoms with Gasteiger partial charge >= 0.3 is 5.97 Å². The first-order chi connectivity index (χ1) is 6.73. The van der Waals surface area contributed by atoms with Crippen molar-refractivity contribution in [2.24, 2.45) is 5.41 Å². The Bertz CT molecular complexity index is 245. The summed E-state index contributed by atoms with van der Waals surface area (Å²) in [5.41, 5.74) is -0.431. The van der Waals surface area contributed by atoms with Gasteiger partial charge in [0.1, 0.15) is 0 Å². The molecule has 88 valence electrons. The van der Waals surface area contributed by atoms with Gasteiger partial charge in [-0.05, 0) is 34.6 Å². The number of rotatable bonds is 1. The van der Waals surface area contributed by atoms with Crippen LogP contribution in [0, 0.1) is 5.41 Å². The minimum absolute atomic E-state index is 0.0425. The molecule has 1 N–H and O–H groups in total. The number of esters is 1. The predicted molar refractivity (Wildman–Crippen MR) is 63.9 cm³/mol. The van der Waals surface area contributed by atoms with E-state index in [2.05, 4.69) is 19.2 Å². The molecule has 0 bridgehead atoms. The van der Waals surface area contributed by atoms with Crippen LogP contribution in [-0.2, 0) is 9.53 Å². The summed E-state index contributed by atoms with van der Waals surface area (Å²) in [6.07, 6.45) is -0.178. The van der Waals surface area contributed by atoms with E-state index in [4.69, 9.17) is 4.74 Å². The fourth-order valence-electron chi connectivity index (χ4n) is 1.29. The molecule has 15 heavy (non-hydrogen) atoms. The van der Waals surface area contributed by atoms with Gasteiger partial charge in [0.15, 0.2) is 6.23 Å². The first-order valence-electron chi connectivity index (χ1n) is 5.32. The van der Waals surface area contributed by atoms with Crippen LogP contribution in [0.4, 0.5) is 0 Å². The highest BCUT2D eigenvalue weighted by Crippen LogP contribution is 2.32. The summed E-state index contributed by atoms with van der Waals surface area (Å²) in [5, 5.41) is 3.25. The first kappa shape index (κ1) is 12.8. The number of nitrogens with one attached hydrogen (secondary N) is 1. The van der Waals surface area contributed by atoms with Crippen molar-refractivity contribution in [1.29, 1.82) is 0 Å². The van der Waals surface area contributed by atoms with Crippen LogP contribution in [0.5, 0.6) is 0 Å². The van der Waals surface area contributed by atoms with Crippen LogP contribution in [-0.4, -0.2) is 29.2 Å². The summed E-state index contributed by atoms with van der Waals surface area (Å²) in [5.74, 6) is 0.923. The maximum Gasteiger partial charge on any atom is 0.312 e. The van der Waals surface area contributed by atoms with Gasteiger partial charge in [-0.1, -0.05) is 0 Å². The van der Waals surface area contributed by atoms with E-state index in [9.17, 15) is 4.79 Å². The average Bonchev–Trinajstić information content (AvgIpc) is 2.06. The molecule has 3 nitrogen and oxygen atoms in total. The largest absolute Gasteiger partial charge is 0.445 e. The van der Waals surface area contributed by atoms with Crippen LogP contribution in [0.15, 0.2) is 0 Å². The van der Waals surface area contributed by atoms with E-state index >= 15 is 0 Å². The van der Waals surface area contributed by atoms with Crippen molar-refractivity contribution in [2.75, 3.05) is 12.3 Å². The van der Waals surface area contributed by atoms with Crippen molar-refractivity contribution >= 4 is 17.7 Å². The Morgan fingerprint density at radius 1 is 1.47 bits per heavy atom. The maximum atomic E-state index is 11.7. The molecule has 0 amide bonds. The topological polar surface area (TPSA) is 38.3 Å². The Morgan fingerprint density at radius 3 is 2.53 bits per heavy atom. The smallest absolute Gasteiger partial charge is 0.312 e. The average molecular weight is 231 g/mol. The number of hydrogen-bond acceptors (Lipinski definition) is 4. The summed E-state index contributed by atoms with van der Waals surface area (Å²) in [6.45, 7) is 10.7. The first-order valence-corrected chi connectivity index (χ1v) is 6.30. The lowest BCUT2D eigenvalue weighted by atomic mass is 9.97. The van der Waals surface area contributed by atoms with E-state index < -0.39 is 5.41 Å². The summed E-state index contributed by atoms with van der Waals surface area (Å²) in [6, 6.07) is 0. The molecule has 1 atom stereocenters. The number of carbonyl (C=O) groups is 1. The Balaban J connectivity index is 2.61. The third-order valence-electron chi connectivity index (χ3n) is 2.37. The van der Waals surface area contributed by atoms with Crippen LogP contribution in [0.2, 0.25) is 0 Å². The van der Waals surface area contributed by atoms with Crippen LogP contribution in [0.25, 0.3) is 0 Å². The van der Waals surface area contributed by atoms with Gasteiger partial charge in [0.25, 0.3) is 0 Å². The standard InChI is InChI=1S/C11H21NO2S/c1-10(2,3)9(13)14-8-11(4,5)15-7-6-12-8/h8,12H,6-7H2,1-5H3/t8-/m0/s1. The van der Waals surface area contributed by atoms with E-state index in [-0.39, 0.29) is 16.9 Å². The zero-order chi connectivity index (χ0) is 11.7. The summed E-state index contributed by atoms with van der Waals surface area (Å²) >= 11 is 1.84. The van der Waals surface area contributed by atoms with Gasteiger partial charge in [-0.2, -0.15) is 0 Å². The zero-order valence-corrected chi connectivity index (χ0v) is 11.0. The van der Waals surface area contributed by atoms with Crippen LogP contribution < -0.4 is 5.32 Å². The van der Waals surface area contributed by atoms with Gasteiger partial charge in [-0.15, -0.1) is 11.8 Å². The Morgan fingerprint density at radius 2 is 2.07 bits per heavy atom. The molecular weight excluding hydrogens is 210 g/mol. The molecule has 0 spiro atoms. The number of hydrogen-bond donors (Lipinski definition) is 1. The highest BCUT2D eigenvalue weighted by molar-refractivity contribution is 8.00. The van der Waals surface area contributed by atoms with Gasteiger partial charge in [0.2, 0.25) is 0 Å². The number of carbonyl (C=O) groups excluding carboxylic acids is 1. The molecule has 0 radical (unpaired) electrons. The lowest BCUT2D eigenvalue weighted by molar-refractivity contribution is -0.162. The Labute approximate surface area is 96.3 Å². The Hall–Kier alpha value is -0.220. The molecule has 0 unspecified atom stereocenters. The van der Waals surface area contributed by atoms with Gasteiger partial charge in [-0.25, -0.2) is 0 Å². The minimum atomic E-state index is -0.431. The fourth-order valence-corrected chi connectivity index (χ4v) is 2.32. The quantitative estimate of drug-likeness (QED) is 0.701. The number of thioether (sulfide) groups is 1. The molecule has 1 saturated heterocycles. The second kappa shape index (κ2) is 4.34. The molecule has 0 aromatic heterocycles. The van der Waals surface area contributed by atoms with Crippen molar-refractivity contribution in [1.82, 2.24) is 5.32 Å². The van der Waals surface area contributed by atoms with Gasteiger partial charge in [0, 0.05) is 12.3 Å². The zero-order valence-electron chi connectivity index (χ0n) is 10.2. The molecule has 1 aliphatic heterocycles. The highest BCUT2D eigenvalue weighted by atomic mass is 32.2. The normalized spacial score (nSPS) is 26.1. The van der Waals surface area contributed by atoms with Crippen molar-refractivity contribution < 1.29 is 9.53 Å². The number of ether oxygens (including phenoxy) is 1. The lowest BCUT2D eigenvalue weighted by Gasteiger charge is -2.38. The third-order valence-corrected chi connectivity index (χ3v) is 3.74. The van der Waals surface area contributed by atoms with Gasteiger partial charge in [0.05, 0.1) is 10.2 Å². The molecule has 4 heteroatoms. The van der Waals surface area contributed by atoms with Crippen LogP contribution >= 0.6 is 11.8 Å². The van der Waals surface area contributed by atoms with E-state index in [1.807, 2.05) is 32.5 Å². The summed E-state index contributed by atoms with van der Waals surface area (Å²) in [7, 11) is 0. The van der Waals surface area contributed by atoms with E-state index in [0.29, 0.717) is 0 Å². The molecule has 1 aliphatic rings. The molecule has 0 aliphatic carbocycles. The predicted octanol–water partition coefficient (Wildman–Crippen LogP) is 2.02. The van der Waals surface area contributed by atoms with Crippen molar-refractivity contribution in [3.05, 3.63) is 0 Å². The Kier molecular flexibility index (Phi) is 3.71. The van der Waals surface area contributed by atoms with Crippen LogP contribution in [0.3, 0.4) is 0 Å². The molecule has 0 saturated carbocycles. The molecular formula is C11H21NO2S. The molecule has 1 heterocycles. The maximum absolute atomic E-state index is 11.7. The van der Waals surface area contributed by atoms with Crippen molar-refractivity contribution in [2.45, 2.75) is 45.6 Å². The monoisotopic (exact) mass is 231 g/mol. The van der Waals surface area contributed by atoms with Crippen molar-refractivity contribution in [3.8, 4) is 0 Å². The molecule has 1 fully saturated rings. The molecule has 1 rings (SSSR count). The fraction of sp³-hybridized carbons (Fsp3) is 0.909. The van der Waals surface area contributed by atoms with E-state index in [0.717, 1.165) is 12.3 Å². The second-order valence-corrected chi connectivity index (χ2v) is 7.19. The highest BCUT2D eigenvalue weighted by Gasteiger charge is 2.37. The van der Waals surface area contributed by atoms with E-state index in [1.165, 1.54) is 0 Å². The summed E-state index contributed by atoms with van der Waals surface area (Å²) in [4.78, 5) is 11.7. The van der Waals surface area contributed by atoms with Gasteiger partial charge < -0.3 is 4.74 Å². The second-order valence-electron chi connectivity index (χ2n) is 5.44. The molecule has 0 aromatic rings. The van der Waals surface area contributed by atoms with Crippen LogP contribution in [0.1, 0.15) is 34.6 Å². The lowest BCUT2D eigenvalue weighted by Crippen LogP contribution is -2.53. The minimum Gasteiger partial charge on any atom is -0.445 e.